The topological polar surface area (TPSA) is 180 Å². The van der Waals surface area contributed by atoms with Crippen LogP contribution < -0.4 is 20.9 Å². The predicted octanol–water partition coefficient (Wildman–Crippen LogP) is 4.95. The summed E-state index contributed by atoms with van der Waals surface area (Å²) in [5.74, 6) is -0.0958. The van der Waals surface area contributed by atoms with Crippen molar-refractivity contribution in [3.05, 3.63) is 76.8 Å². The lowest BCUT2D eigenvalue weighted by Crippen LogP contribution is -2.40. The molecule has 52 heavy (non-hydrogen) atoms. The maximum absolute atomic E-state index is 13.1. The van der Waals surface area contributed by atoms with Crippen LogP contribution in [0.15, 0.2) is 55.4 Å². The van der Waals surface area contributed by atoms with Crippen molar-refractivity contribution in [2.24, 2.45) is 5.92 Å². The van der Waals surface area contributed by atoms with E-state index < -0.39 is 6.03 Å². The molecule has 0 bridgehead atoms. The summed E-state index contributed by atoms with van der Waals surface area (Å²) in [6.45, 7) is 6.97. The fraction of sp³-hybridized carbons (Fsp3) is 0.382. The number of hydrogen-bond donors (Lipinski definition) is 3. The molecule has 2 fully saturated rings. The zero-order valence-electron chi connectivity index (χ0n) is 29.0. The van der Waals surface area contributed by atoms with Crippen molar-refractivity contribution in [3.8, 4) is 5.82 Å². The number of rotatable bonds is 9. The van der Waals surface area contributed by atoms with E-state index >= 15 is 0 Å². The fourth-order valence-corrected chi connectivity index (χ4v) is 6.84. The summed E-state index contributed by atoms with van der Waals surface area (Å²) in [7, 11) is 2.03. The Morgan fingerprint density at radius 2 is 1.75 bits per heavy atom. The second kappa shape index (κ2) is 16.4. The van der Waals surface area contributed by atoms with Gasteiger partial charge in [-0.05, 0) is 49.9 Å². The van der Waals surface area contributed by atoms with Crippen molar-refractivity contribution in [3.63, 3.8) is 0 Å². The maximum Gasteiger partial charge on any atom is 0.323 e. The van der Waals surface area contributed by atoms with Gasteiger partial charge in [0.15, 0.2) is 16.6 Å². The summed E-state index contributed by atoms with van der Waals surface area (Å²) in [5.41, 5.74) is 3.93. The van der Waals surface area contributed by atoms with Gasteiger partial charge in [0.2, 0.25) is 11.8 Å². The Balaban J connectivity index is 0.00000228. The van der Waals surface area contributed by atoms with Gasteiger partial charge in [-0.2, -0.15) is 15.3 Å². The van der Waals surface area contributed by atoms with Gasteiger partial charge in [0.1, 0.15) is 0 Å². The van der Waals surface area contributed by atoms with E-state index in [1.165, 1.54) is 23.4 Å². The number of amides is 4. The molecule has 7 heterocycles. The molecule has 0 saturated carbocycles. The van der Waals surface area contributed by atoms with Crippen LogP contribution in [0.3, 0.4) is 0 Å². The smallest absolute Gasteiger partial charge is 0.323 e. The van der Waals surface area contributed by atoms with Crippen LogP contribution >= 0.6 is 23.2 Å². The molecule has 0 radical (unpaired) electrons. The van der Waals surface area contributed by atoms with Crippen LogP contribution in [-0.4, -0.2) is 89.0 Å². The Bertz CT molecular complexity index is 2050. The van der Waals surface area contributed by atoms with E-state index in [1.54, 1.807) is 29.0 Å². The molecular formula is C34H39Cl2N13O3. The highest BCUT2D eigenvalue weighted by Gasteiger charge is 2.29. The molecular weight excluding hydrogens is 709 g/mol. The van der Waals surface area contributed by atoms with E-state index in [0.717, 1.165) is 43.7 Å². The molecule has 272 valence electrons. The van der Waals surface area contributed by atoms with Gasteiger partial charge in [0.05, 0.1) is 64.7 Å². The number of halogens is 2. The third-order valence-corrected chi connectivity index (χ3v) is 9.31. The largest absolute Gasteiger partial charge is 0.370 e. The van der Waals surface area contributed by atoms with Crippen LogP contribution in [0.2, 0.25) is 10.2 Å². The third-order valence-electron chi connectivity index (χ3n) is 8.85. The fourth-order valence-electron chi connectivity index (χ4n) is 6.42. The first-order chi connectivity index (χ1) is 25.2. The predicted molar refractivity (Wildman–Crippen MR) is 197 cm³/mol. The minimum Gasteiger partial charge on any atom is -0.370 e. The average Bonchev–Trinajstić information content (AvgIpc) is 3.80. The van der Waals surface area contributed by atoms with Crippen molar-refractivity contribution in [1.29, 1.82) is 0 Å². The number of imide groups is 1. The van der Waals surface area contributed by atoms with Crippen LogP contribution in [0.25, 0.3) is 11.5 Å². The number of nitrogens with zero attached hydrogens (tertiary/aromatic N) is 10. The first kappa shape index (κ1) is 36.6. The number of hydrogen-bond acceptors (Lipinski definition) is 11. The molecule has 0 aromatic carbocycles. The number of carbonyl (C=O) groups is 3. The molecule has 5 aromatic rings. The van der Waals surface area contributed by atoms with Gasteiger partial charge in [0.25, 0.3) is 0 Å². The van der Waals surface area contributed by atoms with Gasteiger partial charge in [-0.1, -0.05) is 37.0 Å². The molecule has 5 aromatic heterocycles. The Kier molecular flexibility index (Phi) is 11.6. The van der Waals surface area contributed by atoms with Crippen molar-refractivity contribution in [1.82, 2.24) is 49.8 Å². The summed E-state index contributed by atoms with van der Waals surface area (Å²) in [6, 6.07) is 4.73. The van der Waals surface area contributed by atoms with Crippen molar-refractivity contribution in [2.45, 2.75) is 52.0 Å². The van der Waals surface area contributed by atoms with Crippen molar-refractivity contribution < 1.29 is 14.4 Å². The molecule has 2 aliphatic heterocycles. The van der Waals surface area contributed by atoms with Gasteiger partial charge in [-0.3, -0.25) is 19.9 Å². The Morgan fingerprint density at radius 1 is 0.981 bits per heavy atom. The molecule has 1 atom stereocenters. The number of fused-ring (bicyclic) bond motifs is 1. The lowest BCUT2D eigenvalue weighted by molar-refractivity contribution is -0.134. The number of piperidine rings is 2. The first-order valence-corrected chi connectivity index (χ1v) is 17.8. The van der Waals surface area contributed by atoms with Crippen LogP contribution in [-0.2, 0) is 16.1 Å². The number of urea groups is 1. The molecule has 7 rings (SSSR count). The molecule has 1 unspecified atom stereocenters. The average molecular weight is 749 g/mol. The van der Waals surface area contributed by atoms with E-state index in [1.807, 2.05) is 33.2 Å². The van der Waals surface area contributed by atoms with E-state index in [2.05, 4.69) is 56.0 Å². The van der Waals surface area contributed by atoms with Crippen LogP contribution in [0, 0.1) is 5.92 Å². The molecule has 18 heteroatoms. The number of pyridine rings is 2. The quantitative estimate of drug-likeness (QED) is 0.174. The van der Waals surface area contributed by atoms with E-state index in [4.69, 9.17) is 23.2 Å². The second-order valence-electron chi connectivity index (χ2n) is 12.4. The summed E-state index contributed by atoms with van der Waals surface area (Å²) in [6.07, 6.45) is 12.4. The highest BCUT2D eigenvalue weighted by Crippen LogP contribution is 2.30. The number of nitrogens with one attached hydrogen (secondary N) is 3. The third kappa shape index (κ3) is 8.46. The summed E-state index contributed by atoms with van der Waals surface area (Å²) in [4.78, 5) is 56.0. The number of aromatic nitrogens is 8. The normalized spacial score (nSPS) is 16.4. The Morgan fingerprint density at radius 3 is 2.48 bits per heavy atom. The Hall–Kier alpha value is -5.19. The zero-order valence-corrected chi connectivity index (χ0v) is 30.5. The standard InChI is InChI=1S/C32H33Cl2N13O3.C2H6/c1-44(17-19-4-8-45(9-5-19)22-10-20(13-35-15-22)23-2-3-29(48)42-31(23)49)18-26-25(16-36-28-12-27(34)43-46(26)28)41-32(50)40-21-11-24(33)30(37-14-21)47-38-6-7-39-47;1-2/h6-7,10-16,19,23H,2-5,8-9,17-18H2,1H3,(H2,40,41,50)(H,42,48,49);1-2H3. The minimum absolute atomic E-state index is 0.229. The molecule has 4 amide bonds. The minimum atomic E-state index is -0.514. The van der Waals surface area contributed by atoms with Gasteiger partial charge in [0, 0.05) is 44.9 Å². The van der Waals surface area contributed by atoms with E-state index in [0.29, 0.717) is 59.0 Å². The van der Waals surface area contributed by atoms with Gasteiger partial charge in [-0.25, -0.2) is 19.3 Å². The highest BCUT2D eigenvalue weighted by molar-refractivity contribution is 6.32. The van der Waals surface area contributed by atoms with Crippen LogP contribution in [0.5, 0.6) is 0 Å². The molecule has 2 aliphatic rings. The molecule has 0 spiro atoms. The van der Waals surface area contributed by atoms with Crippen molar-refractivity contribution >= 4 is 63.8 Å². The molecule has 3 N–H and O–H groups in total. The van der Waals surface area contributed by atoms with Crippen molar-refractivity contribution in [2.75, 3.05) is 42.2 Å². The lowest BCUT2D eigenvalue weighted by atomic mass is 9.91. The molecule has 0 aliphatic carbocycles. The molecule has 16 nitrogen and oxygen atoms in total. The Labute approximate surface area is 309 Å². The summed E-state index contributed by atoms with van der Waals surface area (Å²) in [5, 5.41) is 21.1. The van der Waals surface area contributed by atoms with E-state index in [9.17, 15) is 14.4 Å². The number of anilines is 3. The highest BCUT2D eigenvalue weighted by atomic mass is 35.5. The zero-order chi connectivity index (χ0) is 36.8. The van der Waals surface area contributed by atoms with Crippen LogP contribution in [0.1, 0.15) is 56.7 Å². The molecule has 2 saturated heterocycles. The summed E-state index contributed by atoms with van der Waals surface area (Å²) < 4.78 is 1.64. The first-order valence-electron chi connectivity index (χ1n) is 17.1. The van der Waals surface area contributed by atoms with Gasteiger partial charge >= 0.3 is 6.03 Å². The van der Waals surface area contributed by atoms with E-state index in [-0.39, 0.29) is 22.8 Å². The monoisotopic (exact) mass is 747 g/mol. The second-order valence-corrected chi connectivity index (χ2v) is 13.2. The van der Waals surface area contributed by atoms with Gasteiger partial charge < -0.3 is 20.4 Å². The van der Waals surface area contributed by atoms with Crippen LogP contribution in [0.4, 0.5) is 21.9 Å². The number of carbonyl (C=O) groups excluding carboxylic acids is 3. The lowest BCUT2D eigenvalue weighted by Gasteiger charge is -2.35. The SMILES string of the molecule is CC.CN(Cc1c(NC(=O)Nc2cnc(-n3nccn3)c(Cl)c2)cnc2cc(Cl)nn12)CC1CCN(c2cncc(C3CCC(=O)NC3=O)c2)CC1. The van der Waals surface area contributed by atoms with Gasteiger partial charge in [-0.15, -0.1) is 4.80 Å². The summed E-state index contributed by atoms with van der Waals surface area (Å²) >= 11 is 12.6. The maximum atomic E-state index is 13.1.